The van der Waals surface area contributed by atoms with Crippen molar-refractivity contribution in [1.82, 2.24) is 14.8 Å². The Balaban J connectivity index is 1.50. The average molecular weight is 368 g/mol. The number of nitrogens with zero attached hydrogens (tertiary/aromatic N) is 2. The maximum absolute atomic E-state index is 12.5. The molecule has 142 valence electrons. The number of piperidine rings is 1. The fourth-order valence-corrected chi connectivity index (χ4v) is 4.08. The molecule has 3 heterocycles. The summed E-state index contributed by atoms with van der Waals surface area (Å²) in [7, 11) is 1.32. The zero-order chi connectivity index (χ0) is 19.0. The molecule has 0 radical (unpaired) electrons. The van der Waals surface area contributed by atoms with Gasteiger partial charge in [0.1, 0.15) is 6.04 Å². The van der Waals surface area contributed by atoms with E-state index >= 15 is 0 Å². The van der Waals surface area contributed by atoms with E-state index in [0.717, 1.165) is 24.2 Å². The van der Waals surface area contributed by atoms with Crippen LogP contribution in [0.4, 0.5) is 10.5 Å². The van der Waals surface area contributed by atoms with Crippen molar-refractivity contribution in [3.8, 4) is 5.69 Å². The molecule has 27 heavy (non-hydrogen) atoms. The van der Waals surface area contributed by atoms with E-state index in [0.29, 0.717) is 13.1 Å². The number of amides is 2. The molecule has 1 saturated heterocycles. The summed E-state index contributed by atoms with van der Waals surface area (Å²) in [6.45, 7) is 2.85. The largest absolute Gasteiger partial charge is 0.467 e. The highest BCUT2D eigenvalue weighted by molar-refractivity contribution is 5.83. The Morgan fingerprint density at radius 1 is 1.19 bits per heavy atom. The van der Waals surface area contributed by atoms with Gasteiger partial charge >= 0.3 is 12.0 Å². The lowest BCUT2D eigenvalue weighted by molar-refractivity contribution is -0.142. The number of esters is 1. The molecule has 1 atom stereocenters. The van der Waals surface area contributed by atoms with Crippen molar-refractivity contribution in [1.29, 1.82) is 0 Å². The van der Waals surface area contributed by atoms with Crippen LogP contribution in [0.5, 0.6) is 0 Å². The zero-order valence-corrected chi connectivity index (χ0v) is 15.6. The second-order valence-electron chi connectivity index (χ2n) is 7.17. The summed E-state index contributed by atoms with van der Waals surface area (Å²) in [5.74, 6) is -0.444. The van der Waals surface area contributed by atoms with Crippen molar-refractivity contribution in [3.05, 3.63) is 48.3 Å². The number of para-hydroxylation sites is 2. The molecule has 2 amide bonds. The number of carbonyl (C=O) groups excluding carboxylic acids is 2. The molecule has 2 aromatic rings. The van der Waals surface area contributed by atoms with Gasteiger partial charge in [-0.15, -0.1) is 0 Å². The second kappa shape index (κ2) is 6.64. The van der Waals surface area contributed by atoms with Crippen molar-refractivity contribution in [2.75, 3.05) is 25.5 Å². The molecule has 0 bridgehead atoms. The van der Waals surface area contributed by atoms with Gasteiger partial charge in [-0.05, 0) is 44.0 Å². The predicted octanol–water partition coefficient (Wildman–Crippen LogP) is 2.46. The lowest BCUT2D eigenvalue weighted by Crippen LogP contribution is -2.54. The van der Waals surface area contributed by atoms with E-state index < -0.39 is 12.0 Å². The number of methoxy groups -OCH3 is 1. The first-order chi connectivity index (χ1) is 13.0. The molecule has 0 saturated carbocycles. The van der Waals surface area contributed by atoms with Crippen molar-refractivity contribution in [3.63, 3.8) is 0 Å². The molecule has 4 rings (SSSR count). The van der Waals surface area contributed by atoms with Crippen molar-refractivity contribution < 1.29 is 14.3 Å². The Morgan fingerprint density at radius 3 is 2.67 bits per heavy atom. The number of nitrogens with one attached hydrogen (secondary N) is 2. The smallest absolute Gasteiger partial charge is 0.328 e. The third kappa shape index (κ3) is 2.93. The molecule has 2 N–H and O–H groups in total. The maximum Gasteiger partial charge on any atom is 0.328 e. The summed E-state index contributed by atoms with van der Waals surface area (Å²) < 4.78 is 6.91. The van der Waals surface area contributed by atoms with Crippen LogP contribution in [0, 0.1) is 0 Å². The highest BCUT2D eigenvalue weighted by Gasteiger charge is 2.42. The fraction of sp³-hybridized carbons (Fsp3) is 0.400. The van der Waals surface area contributed by atoms with Crippen LogP contribution in [0.2, 0.25) is 0 Å². The van der Waals surface area contributed by atoms with Crippen LogP contribution in [0.3, 0.4) is 0 Å². The molecular formula is C20H24N4O3. The first kappa shape index (κ1) is 17.5. The second-order valence-corrected chi connectivity index (χ2v) is 7.17. The first-order valence-electron chi connectivity index (χ1n) is 9.23. The van der Waals surface area contributed by atoms with E-state index in [1.807, 2.05) is 12.1 Å². The van der Waals surface area contributed by atoms with Crippen LogP contribution in [-0.4, -0.2) is 47.7 Å². The van der Waals surface area contributed by atoms with Gasteiger partial charge in [0.25, 0.3) is 0 Å². The number of carbonyl (C=O) groups is 2. The van der Waals surface area contributed by atoms with E-state index in [2.05, 4.69) is 50.4 Å². The highest BCUT2D eigenvalue weighted by Crippen LogP contribution is 2.43. The summed E-state index contributed by atoms with van der Waals surface area (Å²) in [5.41, 5.74) is 3.29. The molecule has 2 aliphatic heterocycles. The van der Waals surface area contributed by atoms with Gasteiger partial charge in [-0.1, -0.05) is 12.1 Å². The number of anilines is 1. The monoisotopic (exact) mass is 368 g/mol. The number of ether oxygens (including phenoxy) is 1. The quantitative estimate of drug-likeness (QED) is 0.799. The lowest BCUT2D eigenvalue weighted by atomic mass is 9.82. The average Bonchev–Trinajstić information content (AvgIpc) is 3.19. The Kier molecular flexibility index (Phi) is 4.30. The van der Waals surface area contributed by atoms with Gasteiger partial charge in [0, 0.05) is 25.0 Å². The summed E-state index contributed by atoms with van der Waals surface area (Å²) in [4.78, 5) is 25.8. The van der Waals surface area contributed by atoms with E-state index in [1.165, 1.54) is 12.8 Å². The minimum Gasteiger partial charge on any atom is -0.467 e. The Labute approximate surface area is 158 Å². The normalized spacial score (nSPS) is 18.1. The molecule has 1 aromatic heterocycles. The van der Waals surface area contributed by atoms with Crippen LogP contribution >= 0.6 is 0 Å². The molecule has 1 fully saturated rings. The Hall–Kier alpha value is -2.96. The molecule has 7 nitrogen and oxygen atoms in total. The van der Waals surface area contributed by atoms with Gasteiger partial charge in [0.2, 0.25) is 0 Å². The van der Waals surface area contributed by atoms with E-state index in [1.54, 1.807) is 11.8 Å². The molecule has 1 aromatic carbocycles. The number of rotatable bonds is 2. The summed E-state index contributed by atoms with van der Waals surface area (Å²) >= 11 is 0. The van der Waals surface area contributed by atoms with Gasteiger partial charge in [0.05, 0.1) is 24.0 Å². The van der Waals surface area contributed by atoms with E-state index in [4.69, 9.17) is 0 Å². The number of aromatic nitrogens is 1. The SMILES string of the molecule is COC(=O)C(C)NC(=O)N1CCC2(CC1)Nc1ccccc1-n1cccc12. The van der Waals surface area contributed by atoms with Gasteiger partial charge < -0.3 is 24.8 Å². The van der Waals surface area contributed by atoms with Gasteiger partial charge in [-0.25, -0.2) is 9.59 Å². The molecular weight excluding hydrogens is 344 g/mol. The van der Waals surface area contributed by atoms with Crippen molar-refractivity contribution in [2.24, 2.45) is 0 Å². The molecule has 1 spiro atoms. The first-order valence-corrected chi connectivity index (χ1v) is 9.23. The number of hydrogen-bond donors (Lipinski definition) is 2. The molecule has 1 unspecified atom stereocenters. The van der Waals surface area contributed by atoms with Crippen LogP contribution in [0.1, 0.15) is 25.5 Å². The Morgan fingerprint density at radius 2 is 1.93 bits per heavy atom. The van der Waals surface area contributed by atoms with Gasteiger partial charge in [0.15, 0.2) is 0 Å². The summed E-state index contributed by atoms with van der Waals surface area (Å²) in [5, 5.41) is 6.44. The standard InChI is InChI=1S/C20H24N4O3/c1-14(18(25)27-2)21-19(26)23-12-9-20(10-13-23)17-8-5-11-24(17)16-7-4-3-6-15(16)22-20/h3-8,11,14,22H,9-10,12-13H2,1-2H3,(H,21,26). The van der Waals surface area contributed by atoms with E-state index in [-0.39, 0.29) is 11.6 Å². The minimum absolute atomic E-state index is 0.192. The fourth-order valence-electron chi connectivity index (χ4n) is 4.08. The van der Waals surface area contributed by atoms with Crippen LogP contribution in [-0.2, 0) is 15.1 Å². The number of benzene rings is 1. The summed E-state index contributed by atoms with van der Waals surface area (Å²) in [6, 6.07) is 11.6. The third-order valence-corrected chi connectivity index (χ3v) is 5.58. The zero-order valence-electron chi connectivity index (χ0n) is 15.6. The summed E-state index contributed by atoms with van der Waals surface area (Å²) in [6.07, 6.45) is 3.69. The van der Waals surface area contributed by atoms with Gasteiger partial charge in [-0.2, -0.15) is 0 Å². The Bertz CT molecular complexity index is 868. The lowest BCUT2D eigenvalue weighted by Gasteiger charge is -2.46. The number of likely N-dealkylation sites (tertiary alicyclic amines) is 1. The molecule has 2 aliphatic rings. The maximum atomic E-state index is 12.5. The van der Waals surface area contributed by atoms with Gasteiger partial charge in [-0.3, -0.25) is 0 Å². The minimum atomic E-state index is -0.657. The number of fused-ring (bicyclic) bond motifs is 4. The van der Waals surface area contributed by atoms with Crippen molar-refractivity contribution in [2.45, 2.75) is 31.3 Å². The van der Waals surface area contributed by atoms with Crippen LogP contribution < -0.4 is 10.6 Å². The molecule has 7 heteroatoms. The number of hydrogen-bond acceptors (Lipinski definition) is 4. The molecule has 0 aliphatic carbocycles. The van der Waals surface area contributed by atoms with Crippen LogP contribution in [0.25, 0.3) is 5.69 Å². The predicted molar refractivity (Wildman–Crippen MR) is 102 cm³/mol. The third-order valence-electron chi connectivity index (χ3n) is 5.58. The highest BCUT2D eigenvalue weighted by atomic mass is 16.5. The topological polar surface area (TPSA) is 75.6 Å². The van der Waals surface area contributed by atoms with Crippen molar-refractivity contribution >= 4 is 17.7 Å². The van der Waals surface area contributed by atoms with Crippen LogP contribution in [0.15, 0.2) is 42.6 Å². The number of urea groups is 1. The van der Waals surface area contributed by atoms with E-state index in [9.17, 15) is 9.59 Å².